The number of hydrogen-bond donors (Lipinski definition) is 2. The van der Waals surface area contributed by atoms with Gasteiger partial charge in [0, 0.05) is 5.92 Å². The quantitative estimate of drug-likeness (QED) is 0.418. The molecule has 0 heterocycles. The van der Waals surface area contributed by atoms with Gasteiger partial charge in [0.15, 0.2) is 0 Å². The van der Waals surface area contributed by atoms with Crippen LogP contribution in [0.5, 0.6) is 0 Å². The van der Waals surface area contributed by atoms with Crippen LogP contribution in [0.1, 0.15) is 25.7 Å². The Kier molecular flexibility index (Phi) is 6.31. The standard InChI is InChI=1S/C6H12NS.H2O4S/c7-8-5-6-3-1-2-4-6;1-5(2,3)4/h6-7H,1-5H2;(H2,1,2,3,4)/q+1;/p-1. The fourth-order valence-electron chi connectivity index (χ4n) is 1.29. The second-order valence-corrected chi connectivity index (χ2v) is 4.37. The van der Waals surface area contributed by atoms with Crippen LogP contribution in [0.3, 0.4) is 0 Å². The molecule has 0 unspecified atom stereocenters. The highest BCUT2D eigenvalue weighted by molar-refractivity contribution is 7.79. The molecule has 1 rings (SSSR count). The van der Waals surface area contributed by atoms with Crippen LogP contribution in [0.4, 0.5) is 0 Å². The predicted octanol–water partition coefficient (Wildman–Crippen LogP) is 1.03. The van der Waals surface area contributed by atoms with Crippen LogP contribution in [0, 0.1) is 10.7 Å². The van der Waals surface area contributed by atoms with Gasteiger partial charge in [-0.05, 0) is 17.6 Å². The van der Waals surface area contributed by atoms with Gasteiger partial charge in [0.2, 0.25) is 16.2 Å². The summed E-state index contributed by atoms with van der Waals surface area (Å²) in [5.74, 6) is 1.96. The van der Waals surface area contributed by atoms with E-state index in [0.717, 1.165) is 11.7 Å². The smallest absolute Gasteiger partial charge is 0.307 e. The molecule has 0 aliphatic heterocycles. The molecule has 0 saturated heterocycles. The largest absolute Gasteiger partial charge is 0.726 e. The molecule has 13 heavy (non-hydrogen) atoms. The number of hydrogen-bond acceptors (Lipinski definition) is 4. The third kappa shape index (κ3) is 11.9. The molecule has 0 radical (unpaired) electrons. The maximum atomic E-state index is 8.63. The minimum absolute atomic E-state index is 0.887. The van der Waals surface area contributed by atoms with Gasteiger partial charge in [0.25, 0.3) is 0 Å². The maximum Gasteiger partial charge on any atom is 0.307 e. The SMILES string of the molecule is N=[S+]CC1CCCC1.O=S(=O)([O-])O. The van der Waals surface area contributed by atoms with Crippen LogP contribution in [0.25, 0.3) is 0 Å². The lowest BCUT2D eigenvalue weighted by Gasteiger charge is -1.92. The van der Waals surface area contributed by atoms with E-state index in [4.69, 9.17) is 22.3 Å². The molecule has 1 aliphatic rings. The Hall–Kier alpha value is -0.110. The van der Waals surface area contributed by atoms with Crippen LogP contribution in [-0.2, 0) is 22.0 Å². The molecule has 0 atom stereocenters. The van der Waals surface area contributed by atoms with Crippen LogP contribution >= 0.6 is 0 Å². The van der Waals surface area contributed by atoms with E-state index in [1.165, 1.54) is 37.2 Å². The Labute approximate surface area is 82.0 Å². The van der Waals surface area contributed by atoms with Gasteiger partial charge < -0.3 is 4.55 Å². The van der Waals surface area contributed by atoms with Crippen molar-refractivity contribution in [3.63, 3.8) is 0 Å². The van der Waals surface area contributed by atoms with E-state index < -0.39 is 10.4 Å². The summed E-state index contributed by atoms with van der Waals surface area (Å²) in [6.45, 7) is 0. The van der Waals surface area contributed by atoms with E-state index >= 15 is 0 Å². The van der Waals surface area contributed by atoms with Gasteiger partial charge in [-0.1, -0.05) is 12.8 Å². The predicted molar refractivity (Wildman–Crippen MR) is 49.2 cm³/mol. The van der Waals surface area contributed by atoms with Crippen molar-refractivity contribution in [2.75, 3.05) is 5.75 Å². The molecule has 0 bridgehead atoms. The third-order valence-electron chi connectivity index (χ3n) is 1.79. The molecule has 0 spiro atoms. The average molecular weight is 227 g/mol. The molecular weight excluding hydrogens is 214 g/mol. The van der Waals surface area contributed by atoms with Crippen molar-refractivity contribution in [1.82, 2.24) is 0 Å². The van der Waals surface area contributed by atoms with Gasteiger partial charge in [0.05, 0.1) is 0 Å². The molecule has 7 heteroatoms. The van der Waals surface area contributed by atoms with Crippen LogP contribution in [0.15, 0.2) is 0 Å². The van der Waals surface area contributed by atoms with Gasteiger partial charge >= 0.3 is 11.6 Å². The number of nitrogens with one attached hydrogen (secondary N) is 1. The summed E-state index contributed by atoms with van der Waals surface area (Å²) in [5.41, 5.74) is 0. The number of rotatable bonds is 2. The molecule has 5 nitrogen and oxygen atoms in total. The lowest BCUT2D eigenvalue weighted by atomic mass is 10.1. The van der Waals surface area contributed by atoms with E-state index in [0.29, 0.717) is 0 Å². The van der Waals surface area contributed by atoms with Crippen LogP contribution in [-0.4, -0.2) is 23.3 Å². The first-order valence-corrected chi connectivity index (χ1v) is 6.25. The summed E-state index contributed by atoms with van der Waals surface area (Å²) >= 11 is 1.25. The Bertz CT molecular complexity index is 225. The molecule has 0 aromatic rings. The Morgan fingerprint density at radius 1 is 1.46 bits per heavy atom. The fourth-order valence-corrected chi connectivity index (χ4v) is 1.86. The summed E-state index contributed by atoms with van der Waals surface area (Å²) < 4.78 is 39.7. The van der Waals surface area contributed by atoms with Crippen molar-refractivity contribution in [1.29, 1.82) is 4.78 Å². The fraction of sp³-hybridized carbons (Fsp3) is 1.00. The van der Waals surface area contributed by atoms with E-state index in [9.17, 15) is 0 Å². The maximum absolute atomic E-state index is 8.63. The highest BCUT2D eigenvalue weighted by Gasteiger charge is 2.18. The van der Waals surface area contributed by atoms with E-state index in [1.54, 1.807) is 0 Å². The van der Waals surface area contributed by atoms with Crippen LogP contribution in [0.2, 0.25) is 0 Å². The molecule has 0 amide bonds. The first-order chi connectivity index (χ1) is 5.93. The first-order valence-electron chi connectivity index (χ1n) is 3.90. The topological polar surface area (TPSA) is 101 Å². The summed E-state index contributed by atoms with van der Waals surface area (Å²) in [6, 6.07) is 0. The zero-order valence-electron chi connectivity index (χ0n) is 7.10. The van der Waals surface area contributed by atoms with Gasteiger partial charge in [0.1, 0.15) is 0 Å². The van der Waals surface area contributed by atoms with E-state index in [-0.39, 0.29) is 0 Å². The lowest BCUT2D eigenvalue weighted by molar-refractivity contribution is 0.366. The molecule has 1 fully saturated rings. The second kappa shape index (κ2) is 6.36. The monoisotopic (exact) mass is 227 g/mol. The molecule has 0 aromatic heterocycles. The zero-order chi connectivity index (χ0) is 10.3. The Morgan fingerprint density at radius 2 is 1.85 bits per heavy atom. The van der Waals surface area contributed by atoms with Gasteiger partial charge in [-0.2, -0.15) is 0 Å². The molecule has 1 saturated carbocycles. The second-order valence-electron chi connectivity index (χ2n) is 2.89. The molecule has 1 aliphatic carbocycles. The van der Waals surface area contributed by atoms with Gasteiger partial charge in [-0.25, -0.2) is 8.42 Å². The third-order valence-corrected chi connectivity index (χ3v) is 2.43. The Balaban J connectivity index is 0.000000252. The van der Waals surface area contributed by atoms with Gasteiger partial charge in [-0.15, -0.1) is 0 Å². The molecule has 2 N–H and O–H groups in total. The lowest BCUT2D eigenvalue weighted by Crippen LogP contribution is -1.96. The minimum atomic E-state index is -4.92. The molecule has 78 valence electrons. The van der Waals surface area contributed by atoms with Crippen molar-refractivity contribution in [2.24, 2.45) is 5.92 Å². The zero-order valence-corrected chi connectivity index (χ0v) is 8.73. The van der Waals surface area contributed by atoms with E-state index in [2.05, 4.69) is 0 Å². The summed E-state index contributed by atoms with van der Waals surface area (Å²) in [7, 11) is -4.92. The van der Waals surface area contributed by atoms with Crippen molar-refractivity contribution >= 4 is 22.0 Å². The van der Waals surface area contributed by atoms with Crippen molar-refractivity contribution in [3.8, 4) is 0 Å². The summed E-state index contributed by atoms with van der Waals surface area (Å²) in [6.07, 6.45) is 5.58. The van der Waals surface area contributed by atoms with Crippen molar-refractivity contribution < 1.29 is 17.5 Å². The van der Waals surface area contributed by atoms with Crippen LogP contribution < -0.4 is 0 Å². The van der Waals surface area contributed by atoms with Gasteiger partial charge in [-0.3, -0.25) is 4.55 Å². The van der Waals surface area contributed by atoms with E-state index in [1.807, 2.05) is 0 Å². The molecule has 0 aromatic carbocycles. The normalized spacial score (nSPS) is 17.7. The average Bonchev–Trinajstić information content (AvgIpc) is 2.36. The highest BCUT2D eigenvalue weighted by Crippen LogP contribution is 2.23. The Morgan fingerprint density at radius 3 is 2.15 bits per heavy atom. The minimum Gasteiger partial charge on any atom is -0.726 e. The molecular formula is C6H13NO4S2. The summed E-state index contributed by atoms with van der Waals surface area (Å²) in [4.78, 5) is 0. The first kappa shape index (κ1) is 12.9. The highest BCUT2D eigenvalue weighted by atomic mass is 32.3. The van der Waals surface area contributed by atoms with Crippen molar-refractivity contribution in [2.45, 2.75) is 25.7 Å². The summed E-state index contributed by atoms with van der Waals surface area (Å²) in [5, 5.41) is 0. The van der Waals surface area contributed by atoms with Crippen molar-refractivity contribution in [3.05, 3.63) is 0 Å².